The van der Waals surface area contributed by atoms with E-state index in [9.17, 15) is 13.2 Å². The van der Waals surface area contributed by atoms with E-state index in [1.54, 1.807) is 13.8 Å². The molecule has 0 amide bonds. The minimum atomic E-state index is -3.39. The predicted molar refractivity (Wildman–Crippen MR) is 71.8 cm³/mol. The molecule has 1 aromatic rings. The zero-order valence-corrected chi connectivity index (χ0v) is 11.7. The summed E-state index contributed by atoms with van der Waals surface area (Å²) in [5.74, 6) is -0.294. The molecule has 0 unspecified atom stereocenters. The van der Waals surface area contributed by atoms with Crippen molar-refractivity contribution < 1.29 is 13.2 Å². The van der Waals surface area contributed by atoms with Gasteiger partial charge in [0.1, 0.15) is 0 Å². The van der Waals surface area contributed by atoms with Crippen LogP contribution in [0.5, 0.6) is 0 Å². The van der Waals surface area contributed by atoms with E-state index in [0.29, 0.717) is 6.42 Å². The van der Waals surface area contributed by atoms with Crippen LogP contribution in [0.25, 0.3) is 0 Å². The quantitative estimate of drug-likeness (QED) is 0.848. The highest BCUT2D eigenvalue weighted by Gasteiger charge is 2.24. The van der Waals surface area contributed by atoms with Crippen molar-refractivity contribution in [1.29, 1.82) is 0 Å². The summed E-state index contributed by atoms with van der Waals surface area (Å²) in [5.41, 5.74) is 0.938. The predicted octanol–water partition coefficient (Wildman–Crippen LogP) is 1.37. The summed E-state index contributed by atoms with van der Waals surface area (Å²) < 4.78 is 25.0. The van der Waals surface area contributed by atoms with Gasteiger partial charge in [0.15, 0.2) is 5.78 Å². The van der Waals surface area contributed by atoms with Crippen molar-refractivity contribution >= 4 is 15.8 Å². The Labute approximate surface area is 108 Å². The third-order valence-corrected chi connectivity index (χ3v) is 3.26. The van der Waals surface area contributed by atoms with Gasteiger partial charge in [-0.2, -0.15) is 0 Å². The average Bonchev–Trinajstić information content (AvgIpc) is 2.26. The Kier molecular flexibility index (Phi) is 5.04. The van der Waals surface area contributed by atoms with Crippen molar-refractivity contribution in [2.24, 2.45) is 5.92 Å². The second kappa shape index (κ2) is 6.11. The highest BCUT2D eigenvalue weighted by atomic mass is 32.2. The third kappa shape index (κ3) is 4.98. The van der Waals surface area contributed by atoms with Gasteiger partial charge >= 0.3 is 0 Å². The molecule has 0 aliphatic carbocycles. The lowest BCUT2D eigenvalue weighted by Crippen LogP contribution is -2.43. The number of nitrogens with one attached hydrogen (secondary N) is 1. The molecule has 100 valence electrons. The number of rotatable bonds is 6. The summed E-state index contributed by atoms with van der Waals surface area (Å²) in [7, 11) is -3.39. The zero-order valence-electron chi connectivity index (χ0n) is 10.9. The number of hydrogen-bond donors (Lipinski definition) is 1. The van der Waals surface area contributed by atoms with Gasteiger partial charge in [0, 0.05) is 5.92 Å². The van der Waals surface area contributed by atoms with E-state index >= 15 is 0 Å². The van der Waals surface area contributed by atoms with Gasteiger partial charge in [-0.25, -0.2) is 13.1 Å². The molecule has 5 heteroatoms. The lowest BCUT2D eigenvalue weighted by atomic mass is 9.97. The van der Waals surface area contributed by atoms with Crippen molar-refractivity contribution in [1.82, 2.24) is 4.72 Å². The Morgan fingerprint density at radius 1 is 1.22 bits per heavy atom. The highest BCUT2D eigenvalue weighted by molar-refractivity contribution is 7.88. The standard InChI is InChI=1S/C13H19NO3S/c1-10(2)13(15)12(14-18(3,16)17)9-11-7-5-4-6-8-11/h4-8,10,12,14H,9H2,1-3H3/t12-/m0/s1. The SMILES string of the molecule is CC(C)C(=O)[C@H](Cc1ccccc1)NS(C)(=O)=O. The van der Waals surface area contributed by atoms with Crippen LogP contribution in [0.4, 0.5) is 0 Å². The Bertz CT molecular complexity index is 494. The summed E-state index contributed by atoms with van der Waals surface area (Å²) in [4.78, 5) is 12.0. The van der Waals surface area contributed by atoms with Gasteiger partial charge in [0.25, 0.3) is 0 Å². The fourth-order valence-electron chi connectivity index (χ4n) is 1.71. The van der Waals surface area contributed by atoms with Crippen LogP contribution >= 0.6 is 0 Å². The molecule has 18 heavy (non-hydrogen) atoms. The maximum atomic E-state index is 12.0. The molecule has 1 rings (SSSR count). The molecule has 0 spiro atoms. The van der Waals surface area contributed by atoms with E-state index in [1.807, 2.05) is 30.3 Å². The van der Waals surface area contributed by atoms with Crippen molar-refractivity contribution in [2.45, 2.75) is 26.3 Å². The molecule has 0 saturated heterocycles. The molecule has 0 fully saturated rings. The highest BCUT2D eigenvalue weighted by Crippen LogP contribution is 2.09. The van der Waals surface area contributed by atoms with Crippen LogP contribution in [-0.4, -0.2) is 26.5 Å². The second-order valence-corrected chi connectivity index (χ2v) is 6.47. The number of hydrogen-bond acceptors (Lipinski definition) is 3. The maximum absolute atomic E-state index is 12.0. The van der Waals surface area contributed by atoms with Crippen LogP contribution in [0.1, 0.15) is 19.4 Å². The van der Waals surface area contributed by atoms with Crippen LogP contribution in [0, 0.1) is 5.92 Å². The fourth-order valence-corrected chi connectivity index (χ4v) is 2.43. The number of carbonyl (C=O) groups is 1. The normalized spacial score (nSPS) is 13.6. The molecular formula is C13H19NO3S. The van der Waals surface area contributed by atoms with Gasteiger partial charge in [-0.1, -0.05) is 44.2 Å². The average molecular weight is 269 g/mol. The smallest absolute Gasteiger partial charge is 0.209 e. The summed E-state index contributed by atoms with van der Waals surface area (Å²) in [5, 5.41) is 0. The number of Topliss-reactive ketones (excluding diaryl/α,β-unsaturated/α-hetero) is 1. The second-order valence-electron chi connectivity index (χ2n) is 4.69. The summed E-state index contributed by atoms with van der Waals surface area (Å²) in [6.45, 7) is 3.54. The lowest BCUT2D eigenvalue weighted by molar-refractivity contribution is -0.123. The van der Waals surface area contributed by atoms with Crippen LogP contribution in [0.15, 0.2) is 30.3 Å². The third-order valence-electron chi connectivity index (χ3n) is 2.55. The Balaban J connectivity index is 2.88. The van der Waals surface area contributed by atoms with Gasteiger partial charge in [-0.05, 0) is 12.0 Å². The molecule has 0 radical (unpaired) electrons. The Morgan fingerprint density at radius 3 is 2.22 bits per heavy atom. The zero-order chi connectivity index (χ0) is 13.8. The van der Waals surface area contributed by atoms with E-state index in [1.165, 1.54) is 0 Å². The molecule has 0 bridgehead atoms. The van der Waals surface area contributed by atoms with Gasteiger partial charge in [-0.3, -0.25) is 4.79 Å². The monoisotopic (exact) mass is 269 g/mol. The van der Waals surface area contributed by atoms with Crippen LogP contribution < -0.4 is 4.72 Å². The molecule has 0 heterocycles. The van der Waals surface area contributed by atoms with Crippen molar-refractivity contribution in [3.63, 3.8) is 0 Å². The number of sulfonamides is 1. The largest absolute Gasteiger partial charge is 0.298 e. The van der Waals surface area contributed by atoms with Gasteiger partial charge in [-0.15, -0.1) is 0 Å². The Morgan fingerprint density at radius 2 is 1.78 bits per heavy atom. The summed E-state index contributed by atoms with van der Waals surface area (Å²) >= 11 is 0. The Hall–Kier alpha value is -1.20. The molecule has 1 N–H and O–H groups in total. The van der Waals surface area contributed by atoms with Gasteiger partial charge in [0.2, 0.25) is 10.0 Å². The first-order valence-corrected chi connectivity index (χ1v) is 7.73. The number of benzene rings is 1. The molecule has 0 saturated carbocycles. The van der Waals surface area contributed by atoms with Gasteiger partial charge in [0.05, 0.1) is 12.3 Å². The number of carbonyl (C=O) groups excluding carboxylic acids is 1. The molecule has 1 atom stereocenters. The van der Waals surface area contributed by atoms with Crippen molar-refractivity contribution in [3.05, 3.63) is 35.9 Å². The first-order valence-electron chi connectivity index (χ1n) is 5.84. The molecule has 0 aliphatic rings. The van der Waals surface area contributed by atoms with E-state index in [2.05, 4.69) is 4.72 Å². The summed E-state index contributed by atoms with van der Waals surface area (Å²) in [6.07, 6.45) is 1.45. The lowest BCUT2D eigenvalue weighted by Gasteiger charge is -2.18. The maximum Gasteiger partial charge on any atom is 0.209 e. The van der Waals surface area contributed by atoms with Crippen molar-refractivity contribution in [3.8, 4) is 0 Å². The van der Waals surface area contributed by atoms with Crippen LogP contribution in [0.3, 0.4) is 0 Å². The molecule has 4 nitrogen and oxygen atoms in total. The van der Waals surface area contributed by atoms with Crippen LogP contribution in [0.2, 0.25) is 0 Å². The van der Waals surface area contributed by atoms with E-state index in [-0.39, 0.29) is 11.7 Å². The van der Waals surface area contributed by atoms with Crippen molar-refractivity contribution in [2.75, 3.05) is 6.26 Å². The fraction of sp³-hybridized carbons (Fsp3) is 0.462. The molecule has 0 aliphatic heterocycles. The van der Waals surface area contributed by atoms with E-state index in [4.69, 9.17) is 0 Å². The molecule has 0 aromatic heterocycles. The van der Waals surface area contributed by atoms with Gasteiger partial charge < -0.3 is 0 Å². The molecule has 1 aromatic carbocycles. The van der Waals surface area contributed by atoms with E-state index < -0.39 is 16.1 Å². The minimum absolute atomic E-state index is 0.0933. The summed E-state index contributed by atoms with van der Waals surface area (Å²) in [6, 6.07) is 8.68. The van der Waals surface area contributed by atoms with Crippen LogP contribution in [-0.2, 0) is 21.2 Å². The van der Waals surface area contributed by atoms with E-state index in [0.717, 1.165) is 11.8 Å². The number of ketones is 1. The topological polar surface area (TPSA) is 63.2 Å². The molecular weight excluding hydrogens is 250 g/mol. The first-order chi connectivity index (χ1) is 8.29. The first kappa shape index (κ1) is 14.9. The minimum Gasteiger partial charge on any atom is -0.298 e.